The highest BCUT2D eigenvalue weighted by Crippen LogP contribution is 2.26. The molecule has 0 aromatic carbocycles. The molecule has 0 aliphatic rings. The van der Waals surface area contributed by atoms with Gasteiger partial charge in [-0.25, -0.2) is 9.78 Å². The lowest BCUT2D eigenvalue weighted by molar-refractivity contribution is 0.0578. The van der Waals surface area contributed by atoms with E-state index in [1.165, 1.54) is 11.3 Å². The number of aryl methyl sites for hydroxylation is 3. The highest BCUT2D eigenvalue weighted by atomic mass is 32.1. The number of rotatable bonds is 5. The Morgan fingerprint density at radius 1 is 1.48 bits per heavy atom. The third kappa shape index (κ3) is 4.33. The zero-order valence-corrected chi connectivity index (χ0v) is 14.9. The molecule has 0 fully saturated rings. The van der Waals surface area contributed by atoms with Gasteiger partial charge in [-0.15, -0.1) is 11.3 Å². The van der Waals surface area contributed by atoms with Crippen LogP contribution >= 0.6 is 11.3 Å². The fourth-order valence-electron chi connectivity index (χ4n) is 2.39. The van der Waals surface area contributed by atoms with Gasteiger partial charge in [-0.2, -0.15) is 0 Å². The van der Waals surface area contributed by atoms with Gasteiger partial charge in [-0.3, -0.25) is 0 Å². The lowest BCUT2D eigenvalue weighted by Crippen LogP contribution is -2.44. The maximum Gasteiger partial charge on any atom is 0.315 e. The van der Waals surface area contributed by atoms with Crippen LogP contribution < -0.4 is 10.6 Å². The van der Waals surface area contributed by atoms with Gasteiger partial charge in [0.05, 0.1) is 12.6 Å². The smallest absolute Gasteiger partial charge is 0.315 e. The van der Waals surface area contributed by atoms with Crippen LogP contribution in [-0.2, 0) is 5.60 Å². The van der Waals surface area contributed by atoms with Gasteiger partial charge in [-0.1, -0.05) is 0 Å². The number of urea groups is 1. The fraction of sp³-hybridized carbons (Fsp3) is 0.500. The summed E-state index contributed by atoms with van der Waals surface area (Å²) in [6.07, 6.45) is 0. The van der Waals surface area contributed by atoms with E-state index in [2.05, 4.69) is 15.6 Å². The average Bonchev–Trinajstić information content (AvgIpc) is 3.03. The molecular formula is C16H23N3O3S. The monoisotopic (exact) mass is 337 g/mol. The summed E-state index contributed by atoms with van der Waals surface area (Å²) in [6, 6.07) is 1.26. The number of furan rings is 1. The molecule has 2 heterocycles. The second-order valence-electron chi connectivity index (χ2n) is 5.98. The minimum atomic E-state index is -1.19. The molecule has 0 radical (unpaired) electrons. The van der Waals surface area contributed by atoms with E-state index in [0.29, 0.717) is 11.3 Å². The maximum absolute atomic E-state index is 12.0. The third-order valence-corrected chi connectivity index (χ3v) is 4.71. The Morgan fingerprint density at radius 3 is 2.70 bits per heavy atom. The van der Waals surface area contributed by atoms with Crippen molar-refractivity contribution in [3.05, 3.63) is 39.2 Å². The van der Waals surface area contributed by atoms with E-state index in [9.17, 15) is 9.90 Å². The lowest BCUT2D eigenvalue weighted by atomic mass is 9.96. The van der Waals surface area contributed by atoms with E-state index in [1.54, 1.807) is 19.9 Å². The minimum Gasteiger partial charge on any atom is -0.466 e. The summed E-state index contributed by atoms with van der Waals surface area (Å²) in [4.78, 5) is 16.4. The van der Waals surface area contributed by atoms with Crippen LogP contribution in [0.5, 0.6) is 0 Å². The van der Waals surface area contributed by atoms with Crippen LogP contribution in [0, 0.1) is 20.8 Å². The molecule has 2 rings (SSSR count). The van der Waals surface area contributed by atoms with Gasteiger partial charge in [0.15, 0.2) is 0 Å². The summed E-state index contributed by atoms with van der Waals surface area (Å²) in [6.45, 7) is 9.15. The molecule has 0 bridgehead atoms. The number of amides is 2. The molecule has 2 atom stereocenters. The van der Waals surface area contributed by atoms with E-state index in [0.717, 1.165) is 16.5 Å². The number of nitrogens with one attached hydrogen (secondary N) is 2. The Bertz CT molecular complexity index is 691. The molecule has 2 aromatic rings. The molecule has 0 spiro atoms. The first-order chi connectivity index (χ1) is 10.7. The van der Waals surface area contributed by atoms with Crippen LogP contribution in [0.25, 0.3) is 0 Å². The van der Waals surface area contributed by atoms with Gasteiger partial charge >= 0.3 is 6.03 Å². The Kier molecular flexibility index (Phi) is 5.11. The zero-order valence-electron chi connectivity index (χ0n) is 14.1. The first-order valence-corrected chi connectivity index (χ1v) is 8.33. The summed E-state index contributed by atoms with van der Waals surface area (Å²) in [5.41, 5.74) is 0.423. The summed E-state index contributed by atoms with van der Waals surface area (Å²) >= 11 is 1.51. The van der Waals surface area contributed by atoms with Crippen molar-refractivity contribution >= 4 is 17.4 Å². The molecular weight excluding hydrogens is 314 g/mol. The van der Waals surface area contributed by atoms with Crippen molar-refractivity contribution in [1.82, 2.24) is 15.6 Å². The Hall–Kier alpha value is -1.86. The van der Waals surface area contributed by atoms with Crippen LogP contribution in [-0.4, -0.2) is 22.7 Å². The van der Waals surface area contributed by atoms with Crippen molar-refractivity contribution in [2.45, 2.75) is 46.3 Å². The molecule has 0 saturated carbocycles. The number of hydrogen-bond acceptors (Lipinski definition) is 5. The van der Waals surface area contributed by atoms with Crippen molar-refractivity contribution in [3.63, 3.8) is 0 Å². The lowest BCUT2D eigenvalue weighted by Gasteiger charge is -2.24. The van der Waals surface area contributed by atoms with Crippen molar-refractivity contribution in [2.75, 3.05) is 6.54 Å². The Morgan fingerprint density at radius 2 is 2.17 bits per heavy atom. The van der Waals surface area contributed by atoms with E-state index in [-0.39, 0.29) is 18.6 Å². The van der Waals surface area contributed by atoms with Crippen LogP contribution in [0.4, 0.5) is 4.79 Å². The predicted octanol–water partition coefficient (Wildman–Crippen LogP) is 2.93. The number of thiazole rings is 1. The highest BCUT2D eigenvalue weighted by Gasteiger charge is 2.28. The molecule has 3 N–H and O–H groups in total. The van der Waals surface area contributed by atoms with Gasteiger partial charge < -0.3 is 20.2 Å². The molecule has 23 heavy (non-hydrogen) atoms. The summed E-state index contributed by atoms with van der Waals surface area (Å²) < 4.78 is 5.44. The quantitative estimate of drug-likeness (QED) is 0.783. The molecule has 0 aliphatic carbocycles. The van der Waals surface area contributed by atoms with E-state index >= 15 is 0 Å². The van der Waals surface area contributed by atoms with Crippen LogP contribution in [0.2, 0.25) is 0 Å². The van der Waals surface area contributed by atoms with E-state index < -0.39 is 5.60 Å². The predicted molar refractivity (Wildman–Crippen MR) is 89.6 cm³/mol. The number of carbonyl (C=O) groups excluding carboxylic acids is 1. The Balaban J connectivity index is 1.92. The van der Waals surface area contributed by atoms with Crippen LogP contribution in [0.1, 0.15) is 47.7 Å². The summed E-state index contributed by atoms with van der Waals surface area (Å²) in [5.74, 6) is 1.39. The van der Waals surface area contributed by atoms with Gasteiger partial charge in [0.25, 0.3) is 0 Å². The number of hydrogen-bond donors (Lipinski definition) is 3. The van der Waals surface area contributed by atoms with Gasteiger partial charge in [0.2, 0.25) is 0 Å². The highest BCUT2D eigenvalue weighted by molar-refractivity contribution is 7.09. The normalized spacial score (nSPS) is 15.0. The van der Waals surface area contributed by atoms with Crippen LogP contribution in [0.3, 0.4) is 0 Å². The number of carbonyl (C=O) groups is 1. The third-order valence-electron chi connectivity index (χ3n) is 3.57. The Labute approximate surface area is 139 Å². The van der Waals surface area contributed by atoms with Crippen molar-refractivity contribution in [1.29, 1.82) is 0 Å². The average molecular weight is 337 g/mol. The van der Waals surface area contributed by atoms with Crippen LogP contribution in [0.15, 0.2) is 15.9 Å². The number of aromatic nitrogens is 1. The van der Waals surface area contributed by atoms with Gasteiger partial charge in [0, 0.05) is 16.6 Å². The standard InChI is InChI=1S/C16H23N3O3S/c1-9-7-23-14(18-9)11(3)19-15(20)17-8-16(5,21)13-6-10(2)22-12(13)4/h6-7,11,21H,8H2,1-5H3,(H2,17,19,20)/t11-,16-/m1/s1. The topological polar surface area (TPSA) is 87.4 Å². The minimum absolute atomic E-state index is 0.0856. The van der Waals surface area contributed by atoms with Crippen molar-refractivity contribution in [2.24, 2.45) is 0 Å². The van der Waals surface area contributed by atoms with Crippen molar-refractivity contribution in [3.8, 4) is 0 Å². The largest absolute Gasteiger partial charge is 0.466 e. The second-order valence-corrected chi connectivity index (χ2v) is 6.87. The molecule has 0 saturated heterocycles. The van der Waals surface area contributed by atoms with E-state index in [4.69, 9.17) is 4.42 Å². The molecule has 7 heteroatoms. The molecule has 6 nitrogen and oxygen atoms in total. The van der Waals surface area contributed by atoms with Gasteiger partial charge in [0.1, 0.15) is 22.1 Å². The first kappa shape index (κ1) is 17.5. The number of nitrogens with zero attached hydrogens (tertiary/aromatic N) is 1. The molecule has 0 aliphatic heterocycles. The zero-order chi connectivity index (χ0) is 17.2. The first-order valence-electron chi connectivity index (χ1n) is 7.45. The molecule has 0 unspecified atom stereocenters. The van der Waals surface area contributed by atoms with Crippen molar-refractivity contribution < 1.29 is 14.3 Å². The summed E-state index contributed by atoms with van der Waals surface area (Å²) in [7, 11) is 0. The molecule has 2 amide bonds. The number of aliphatic hydroxyl groups is 1. The molecule has 2 aromatic heterocycles. The fourth-order valence-corrected chi connectivity index (χ4v) is 3.20. The summed E-state index contributed by atoms with van der Waals surface area (Å²) in [5, 5.41) is 18.9. The SMILES string of the molecule is Cc1csc([C@@H](C)NC(=O)NC[C@@](C)(O)c2cc(C)oc2C)n1. The maximum atomic E-state index is 12.0. The molecule has 126 valence electrons. The van der Waals surface area contributed by atoms with E-state index in [1.807, 2.05) is 26.2 Å². The van der Waals surface area contributed by atoms with Gasteiger partial charge in [-0.05, 0) is 40.7 Å². The second kappa shape index (κ2) is 6.72.